The number of cyclic esters (lactones) is 1. The lowest BCUT2D eigenvalue weighted by Gasteiger charge is -2.24. The van der Waals surface area contributed by atoms with Gasteiger partial charge in [0, 0.05) is 12.5 Å². The Balaban J connectivity index is 2.04. The van der Waals surface area contributed by atoms with Crippen LogP contribution in [0.25, 0.3) is 0 Å². The molecule has 0 aromatic carbocycles. The number of aliphatic hydroxyl groups excluding tert-OH is 1. The van der Waals surface area contributed by atoms with Gasteiger partial charge in [-0.15, -0.1) is 0 Å². The van der Waals surface area contributed by atoms with Crippen LogP contribution < -0.4 is 0 Å². The standard InChI is InChI=1S/C24H32O4/c1-20-13-7-3-2-4-8-14-21(25)19-23-17-11-5-9-15-22(28-23)16-10-6-12-18-24(26)27-20/h2,4-6,8-12,14-15,18,20-23,25H,3,7,13,16-17,19H2,1H3/t20-,21-,22+,23-/m0/s1. The van der Waals surface area contributed by atoms with Crippen LogP contribution in [0, 0.1) is 0 Å². The van der Waals surface area contributed by atoms with E-state index in [4.69, 9.17) is 9.47 Å². The summed E-state index contributed by atoms with van der Waals surface area (Å²) >= 11 is 0. The molecule has 152 valence electrons. The lowest BCUT2D eigenvalue weighted by atomic mass is 10.1. The molecule has 0 unspecified atom stereocenters. The number of carbonyl (C=O) groups is 1. The number of allylic oxidation sites excluding steroid dienone is 7. The fourth-order valence-corrected chi connectivity index (χ4v) is 3.09. The van der Waals surface area contributed by atoms with E-state index in [9.17, 15) is 9.90 Å². The van der Waals surface area contributed by atoms with E-state index in [1.807, 2.05) is 49.5 Å². The molecule has 4 atom stereocenters. The fraction of sp³-hybridized carbons (Fsp3) is 0.458. The normalized spacial score (nSPS) is 30.4. The van der Waals surface area contributed by atoms with Crippen molar-refractivity contribution in [1.82, 2.24) is 0 Å². The van der Waals surface area contributed by atoms with E-state index in [2.05, 4.69) is 12.2 Å². The second-order valence-electron chi connectivity index (χ2n) is 7.16. The lowest BCUT2D eigenvalue weighted by molar-refractivity contribution is -0.142. The van der Waals surface area contributed by atoms with Gasteiger partial charge in [-0.25, -0.2) is 4.79 Å². The molecule has 0 saturated carbocycles. The number of hydrogen-bond acceptors (Lipinski definition) is 4. The van der Waals surface area contributed by atoms with Crippen molar-refractivity contribution in [2.45, 2.75) is 69.9 Å². The molecule has 0 aromatic rings. The molecule has 0 aromatic heterocycles. The predicted octanol–water partition coefficient (Wildman–Crippen LogP) is 4.74. The summed E-state index contributed by atoms with van der Waals surface area (Å²) < 4.78 is 11.5. The minimum atomic E-state index is -0.532. The second kappa shape index (κ2) is 13.1. The van der Waals surface area contributed by atoms with Crippen LogP contribution in [0.15, 0.2) is 72.9 Å². The second-order valence-corrected chi connectivity index (χ2v) is 7.16. The fourth-order valence-electron chi connectivity index (χ4n) is 3.09. The lowest BCUT2D eigenvalue weighted by Crippen LogP contribution is -2.25. The highest BCUT2D eigenvalue weighted by Gasteiger charge is 2.17. The molecule has 2 heterocycles. The van der Waals surface area contributed by atoms with Crippen LogP contribution >= 0.6 is 0 Å². The highest BCUT2D eigenvalue weighted by molar-refractivity contribution is 5.82. The topological polar surface area (TPSA) is 55.8 Å². The first-order valence-electron chi connectivity index (χ1n) is 10.2. The first-order valence-corrected chi connectivity index (χ1v) is 10.2. The summed E-state index contributed by atoms with van der Waals surface area (Å²) in [6, 6.07) is 0. The van der Waals surface area contributed by atoms with Crippen molar-refractivity contribution in [1.29, 1.82) is 0 Å². The first-order chi connectivity index (χ1) is 13.6. The van der Waals surface area contributed by atoms with Gasteiger partial charge in [-0.3, -0.25) is 0 Å². The number of ether oxygens (including phenoxy) is 2. The summed E-state index contributed by atoms with van der Waals surface area (Å²) in [5, 5.41) is 10.3. The van der Waals surface area contributed by atoms with Gasteiger partial charge < -0.3 is 14.6 Å². The van der Waals surface area contributed by atoms with Gasteiger partial charge in [-0.2, -0.15) is 0 Å². The van der Waals surface area contributed by atoms with Crippen molar-refractivity contribution in [3.8, 4) is 0 Å². The van der Waals surface area contributed by atoms with Crippen LogP contribution in [0.2, 0.25) is 0 Å². The third-order valence-electron chi connectivity index (χ3n) is 4.57. The minimum absolute atomic E-state index is 0.0409. The molecule has 28 heavy (non-hydrogen) atoms. The van der Waals surface area contributed by atoms with Gasteiger partial charge in [0.25, 0.3) is 0 Å². The maximum absolute atomic E-state index is 11.8. The van der Waals surface area contributed by atoms with Crippen LogP contribution in [-0.2, 0) is 14.3 Å². The minimum Gasteiger partial charge on any atom is -0.460 e. The van der Waals surface area contributed by atoms with Crippen molar-refractivity contribution in [3.05, 3.63) is 72.9 Å². The van der Waals surface area contributed by atoms with Gasteiger partial charge in [-0.05, 0) is 39.0 Å². The molecule has 2 aliphatic heterocycles. The van der Waals surface area contributed by atoms with E-state index in [1.54, 1.807) is 12.2 Å². The summed E-state index contributed by atoms with van der Waals surface area (Å²) in [7, 11) is 0. The summed E-state index contributed by atoms with van der Waals surface area (Å²) in [5.74, 6) is -0.314. The van der Waals surface area contributed by atoms with Crippen molar-refractivity contribution >= 4 is 5.97 Å². The summed E-state index contributed by atoms with van der Waals surface area (Å²) in [4.78, 5) is 11.8. The largest absolute Gasteiger partial charge is 0.460 e. The van der Waals surface area contributed by atoms with E-state index in [1.165, 1.54) is 6.08 Å². The summed E-state index contributed by atoms with van der Waals surface area (Å²) in [5.41, 5.74) is 0. The van der Waals surface area contributed by atoms with Crippen molar-refractivity contribution < 1.29 is 19.4 Å². The van der Waals surface area contributed by atoms with E-state index in [-0.39, 0.29) is 24.3 Å². The Morgan fingerprint density at radius 2 is 1.71 bits per heavy atom. The number of esters is 1. The van der Waals surface area contributed by atoms with Crippen LogP contribution in [-0.4, -0.2) is 35.5 Å². The van der Waals surface area contributed by atoms with E-state index >= 15 is 0 Å². The molecule has 0 saturated heterocycles. The average molecular weight is 385 g/mol. The Morgan fingerprint density at radius 3 is 2.61 bits per heavy atom. The molecule has 4 heteroatoms. The van der Waals surface area contributed by atoms with Gasteiger partial charge in [0.2, 0.25) is 0 Å². The van der Waals surface area contributed by atoms with E-state index in [0.717, 1.165) is 25.7 Å². The van der Waals surface area contributed by atoms with E-state index < -0.39 is 6.10 Å². The van der Waals surface area contributed by atoms with Gasteiger partial charge in [0.15, 0.2) is 0 Å². The molecule has 0 radical (unpaired) electrons. The molecule has 1 N–H and O–H groups in total. The predicted molar refractivity (Wildman–Crippen MR) is 113 cm³/mol. The molecule has 0 spiro atoms. The maximum atomic E-state index is 11.8. The molecule has 0 amide bonds. The highest BCUT2D eigenvalue weighted by atomic mass is 16.5. The molecular formula is C24H32O4. The highest BCUT2D eigenvalue weighted by Crippen LogP contribution is 2.17. The summed E-state index contributed by atoms with van der Waals surface area (Å²) in [6.45, 7) is 1.91. The van der Waals surface area contributed by atoms with Gasteiger partial charge in [-0.1, -0.05) is 66.8 Å². The van der Waals surface area contributed by atoms with Crippen LogP contribution in [0.1, 0.15) is 45.4 Å². The van der Waals surface area contributed by atoms with E-state index in [0.29, 0.717) is 12.8 Å². The van der Waals surface area contributed by atoms with Crippen LogP contribution in [0.4, 0.5) is 0 Å². The number of fused-ring (bicyclic) bond motifs is 2. The molecule has 2 aliphatic rings. The Morgan fingerprint density at radius 1 is 0.964 bits per heavy atom. The number of carbonyl (C=O) groups excluding carboxylic acids is 1. The molecule has 0 aliphatic carbocycles. The average Bonchev–Trinajstić information content (AvgIpc) is 2.63. The Bertz CT molecular complexity index is 639. The molecule has 2 bridgehead atoms. The van der Waals surface area contributed by atoms with Crippen molar-refractivity contribution in [2.75, 3.05) is 0 Å². The third-order valence-corrected chi connectivity index (χ3v) is 4.57. The zero-order chi connectivity index (χ0) is 20.0. The first kappa shape index (κ1) is 22.1. The van der Waals surface area contributed by atoms with Crippen molar-refractivity contribution in [2.24, 2.45) is 0 Å². The Labute approximate surface area is 168 Å². The number of aliphatic hydroxyl groups is 1. The maximum Gasteiger partial charge on any atom is 0.331 e. The van der Waals surface area contributed by atoms with Crippen LogP contribution in [0.3, 0.4) is 0 Å². The monoisotopic (exact) mass is 384 g/mol. The molecular weight excluding hydrogens is 352 g/mol. The zero-order valence-electron chi connectivity index (χ0n) is 16.7. The quantitative estimate of drug-likeness (QED) is 0.613. The Hall–Kier alpha value is -2.17. The molecule has 0 fully saturated rings. The molecule has 2 rings (SSSR count). The van der Waals surface area contributed by atoms with Gasteiger partial charge in [0.1, 0.15) is 0 Å². The Kier molecular flexibility index (Phi) is 10.3. The SMILES string of the molecule is C[C@H]1CCCC=CC=C[C@H](O)C[C@@H]2CC=CC=C[C@H](CC=CC=CC(=O)O1)O2. The zero-order valence-corrected chi connectivity index (χ0v) is 16.7. The van der Waals surface area contributed by atoms with Crippen LogP contribution in [0.5, 0.6) is 0 Å². The van der Waals surface area contributed by atoms with Gasteiger partial charge >= 0.3 is 5.97 Å². The third kappa shape index (κ3) is 9.67. The number of hydrogen-bond donors (Lipinski definition) is 1. The van der Waals surface area contributed by atoms with Crippen molar-refractivity contribution in [3.63, 3.8) is 0 Å². The van der Waals surface area contributed by atoms with Gasteiger partial charge in [0.05, 0.1) is 24.4 Å². The summed E-state index contributed by atoms with van der Waals surface area (Å²) in [6.07, 6.45) is 26.8. The smallest absolute Gasteiger partial charge is 0.331 e. The molecule has 4 nitrogen and oxygen atoms in total. The number of rotatable bonds is 0.